The van der Waals surface area contributed by atoms with Crippen LogP contribution in [0.5, 0.6) is 0 Å². The highest BCUT2D eigenvalue weighted by Gasteiger charge is 2.46. The Labute approximate surface area is 158 Å². The van der Waals surface area contributed by atoms with E-state index in [4.69, 9.17) is 0 Å². The van der Waals surface area contributed by atoms with Gasteiger partial charge in [-0.05, 0) is 79.7 Å². The summed E-state index contributed by atoms with van der Waals surface area (Å²) in [5.74, 6) is 2.99. The van der Waals surface area contributed by atoms with Crippen LogP contribution in [0.1, 0.15) is 47.3 Å². The van der Waals surface area contributed by atoms with Gasteiger partial charge in [0.05, 0.1) is 0 Å². The van der Waals surface area contributed by atoms with Gasteiger partial charge in [-0.15, -0.1) is 11.3 Å². The first-order valence-corrected chi connectivity index (χ1v) is 10.6. The van der Waals surface area contributed by atoms with E-state index in [0.717, 1.165) is 27.8 Å². The molecule has 1 aromatic heterocycles. The number of nitrogens with zero attached hydrogens (tertiary/aromatic N) is 1. The molecule has 0 radical (unpaired) electrons. The first kappa shape index (κ1) is 16.2. The van der Waals surface area contributed by atoms with Gasteiger partial charge in [-0.3, -0.25) is 4.79 Å². The number of aryl methyl sites for hydroxylation is 1. The highest BCUT2D eigenvalue weighted by atomic mass is 32.1. The largest absolute Gasteiger partial charge is 0.282 e. The van der Waals surface area contributed by atoms with Gasteiger partial charge in [0.25, 0.3) is 5.91 Å². The second-order valence-corrected chi connectivity index (χ2v) is 9.23. The normalized spacial score (nSPS) is 29.0. The maximum Gasteiger partial charge on any atom is 0.282 e. The average molecular weight is 365 g/mol. The van der Waals surface area contributed by atoms with Crippen molar-refractivity contribution in [2.45, 2.75) is 39.0 Å². The molecule has 0 spiro atoms. The van der Waals surface area contributed by atoms with Crippen molar-refractivity contribution in [3.63, 3.8) is 0 Å². The fourth-order valence-corrected chi connectivity index (χ4v) is 6.27. The third-order valence-electron chi connectivity index (χ3n) is 6.50. The van der Waals surface area contributed by atoms with Gasteiger partial charge < -0.3 is 0 Å². The van der Waals surface area contributed by atoms with Crippen LogP contribution in [0, 0.1) is 30.6 Å². The third kappa shape index (κ3) is 2.81. The summed E-state index contributed by atoms with van der Waals surface area (Å²) in [6.07, 6.45) is 6.58. The van der Waals surface area contributed by atoms with Crippen molar-refractivity contribution in [1.82, 2.24) is 5.43 Å². The van der Waals surface area contributed by atoms with Crippen LogP contribution in [-0.4, -0.2) is 11.6 Å². The van der Waals surface area contributed by atoms with E-state index in [2.05, 4.69) is 41.7 Å². The number of carbonyl (C=O) groups excluding carboxylic acids is 1. The predicted molar refractivity (Wildman–Crippen MR) is 106 cm³/mol. The lowest BCUT2D eigenvalue weighted by Gasteiger charge is -2.50. The minimum atomic E-state index is -0.0723. The number of nitrogens with one attached hydrogen (secondary N) is 1. The van der Waals surface area contributed by atoms with Crippen LogP contribution in [0.4, 0.5) is 0 Å². The van der Waals surface area contributed by atoms with Crippen LogP contribution in [0.25, 0.3) is 11.1 Å². The van der Waals surface area contributed by atoms with Gasteiger partial charge in [-0.2, -0.15) is 5.10 Å². The molecule has 0 atom stereocenters. The van der Waals surface area contributed by atoms with Crippen LogP contribution in [0.15, 0.2) is 40.8 Å². The molecule has 4 fully saturated rings. The van der Waals surface area contributed by atoms with Crippen molar-refractivity contribution in [1.29, 1.82) is 0 Å². The van der Waals surface area contributed by atoms with E-state index < -0.39 is 0 Å². The fraction of sp³-hybridized carbons (Fsp3) is 0.455. The second kappa shape index (κ2) is 6.34. The van der Waals surface area contributed by atoms with E-state index in [9.17, 15) is 4.79 Å². The predicted octanol–water partition coefficient (Wildman–Crippen LogP) is 5.27. The maximum atomic E-state index is 12.8. The highest BCUT2D eigenvalue weighted by Crippen LogP contribution is 2.52. The minimum absolute atomic E-state index is 0.0723. The molecule has 3 nitrogen and oxygen atoms in total. The van der Waals surface area contributed by atoms with Crippen molar-refractivity contribution < 1.29 is 4.79 Å². The summed E-state index contributed by atoms with van der Waals surface area (Å²) in [5.41, 5.74) is 7.48. The summed E-state index contributed by atoms with van der Waals surface area (Å²) in [7, 11) is 0. The molecule has 4 saturated carbocycles. The van der Waals surface area contributed by atoms with Crippen molar-refractivity contribution in [2.75, 3.05) is 0 Å². The van der Waals surface area contributed by atoms with Crippen molar-refractivity contribution in [3.8, 4) is 11.1 Å². The topological polar surface area (TPSA) is 41.5 Å². The molecule has 1 N–H and O–H groups in total. The molecule has 1 heterocycles. The van der Waals surface area contributed by atoms with Gasteiger partial charge in [0, 0.05) is 11.3 Å². The van der Waals surface area contributed by atoms with Crippen LogP contribution in [0.2, 0.25) is 0 Å². The highest BCUT2D eigenvalue weighted by molar-refractivity contribution is 7.12. The smallest absolute Gasteiger partial charge is 0.266 e. The van der Waals surface area contributed by atoms with E-state index in [1.165, 1.54) is 54.7 Å². The molecule has 0 saturated heterocycles. The molecule has 134 valence electrons. The van der Waals surface area contributed by atoms with Gasteiger partial charge in [-0.1, -0.05) is 29.8 Å². The first-order valence-electron chi connectivity index (χ1n) is 9.69. The molecule has 4 heteroatoms. The number of rotatable bonds is 3. The quantitative estimate of drug-likeness (QED) is 0.741. The number of thiophene rings is 1. The lowest BCUT2D eigenvalue weighted by atomic mass is 9.55. The molecule has 26 heavy (non-hydrogen) atoms. The zero-order valence-corrected chi connectivity index (χ0v) is 15.9. The summed E-state index contributed by atoms with van der Waals surface area (Å²) in [5, 5.41) is 6.64. The Morgan fingerprint density at radius 1 is 1.00 bits per heavy atom. The van der Waals surface area contributed by atoms with Crippen molar-refractivity contribution in [3.05, 3.63) is 46.2 Å². The number of carbonyl (C=O) groups is 1. The lowest BCUT2D eigenvalue weighted by Crippen LogP contribution is -2.46. The van der Waals surface area contributed by atoms with E-state index in [-0.39, 0.29) is 5.91 Å². The van der Waals surface area contributed by atoms with Crippen LogP contribution in [0.3, 0.4) is 0 Å². The van der Waals surface area contributed by atoms with E-state index in [0.29, 0.717) is 11.8 Å². The number of amides is 1. The molecule has 1 aromatic carbocycles. The molecular formula is C22H24N2OS. The van der Waals surface area contributed by atoms with Gasteiger partial charge in [0.1, 0.15) is 4.88 Å². The Morgan fingerprint density at radius 3 is 2.31 bits per heavy atom. The number of benzene rings is 1. The van der Waals surface area contributed by atoms with Crippen LogP contribution >= 0.6 is 11.3 Å². The molecule has 4 aliphatic carbocycles. The molecular weight excluding hydrogens is 340 g/mol. The second-order valence-electron chi connectivity index (χ2n) is 8.31. The third-order valence-corrected chi connectivity index (χ3v) is 7.41. The minimum Gasteiger partial charge on any atom is -0.266 e. The van der Waals surface area contributed by atoms with E-state index >= 15 is 0 Å². The van der Waals surface area contributed by atoms with Crippen molar-refractivity contribution >= 4 is 23.0 Å². The standard InChI is InChI=1S/C22H24N2OS/c1-13-2-4-16(5-3-13)19-6-7-26-21(19)22(25)24-23-20-17-9-14-8-15(11-17)12-18(20)10-14/h2-7,14-15,17-18H,8-12H2,1H3,(H,24,25). The molecule has 0 aliphatic heterocycles. The number of hydrogen-bond donors (Lipinski definition) is 1. The van der Waals surface area contributed by atoms with Gasteiger partial charge in [-0.25, -0.2) is 5.43 Å². The maximum absolute atomic E-state index is 12.8. The zero-order valence-electron chi connectivity index (χ0n) is 15.1. The summed E-state index contributed by atoms with van der Waals surface area (Å²) in [4.78, 5) is 13.5. The average Bonchev–Trinajstić information content (AvgIpc) is 3.11. The Balaban J connectivity index is 1.35. The molecule has 1 amide bonds. The Bertz CT molecular complexity index is 835. The molecule has 2 aromatic rings. The SMILES string of the molecule is Cc1ccc(-c2ccsc2C(=O)NN=C2C3CC4CC(C3)CC2C4)cc1. The summed E-state index contributed by atoms with van der Waals surface area (Å²) >= 11 is 1.49. The van der Waals surface area contributed by atoms with Crippen LogP contribution in [-0.2, 0) is 0 Å². The Hall–Kier alpha value is -1.94. The lowest BCUT2D eigenvalue weighted by molar-refractivity contribution is 0.0947. The first-order chi connectivity index (χ1) is 12.7. The van der Waals surface area contributed by atoms with Crippen LogP contribution < -0.4 is 5.43 Å². The number of hydrazone groups is 1. The van der Waals surface area contributed by atoms with E-state index in [1.807, 2.05) is 11.4 Å². The monoisotopic (exact) mass is 364 g/mol. The Morgan fingerprint density at radius 2 is 1.65 bits per heavy atom. The summed E-state index contributed by atoms with van der Waals surface area (Å²) in [6.45, 7) is 2.08. The molecule has 6 rings (SSSR count). The fourth-order valence-electron chi connectivity index (χ4n) is 5.46. The van der Waals surface area contributed by atoms with E-state index in [1.54, 1.807) is 0 Å². The van der Waals surface area contributed by atoms with Gasteiger partial charge in [0.15, 0.2) is 0 Å². The van der Waals surface area contributed by atoms with Crippen molar-refractivity contribution in [2.24, 2.45) is 28.8 Å². The van der Waals surface area contributed by atoms with Gasteiger partial charge in [0.2, 0.25) is 0 Å². The number of hydrogen-bond acceptors (Lipinski definition) is 3. The zero-order chi connectivity index (χ0) is 17.7. The summed E-state index contributed by atoms with van der Waals surface area (Å²) < 4.78 is 0. The molecule has 4 aliphatic rings. The molecule has 0 unspecified atom stereocenters. The Kier molecular flexibility index (Phi) is 3.96. The van der Waals surface area contributed by atoms with Gasteiger partial charge >= 0.3 is 0 Å². The summed E-state index contributed by atoms with van der Waals surface area (Å²) in [6, 6.07) is 10.4. The molecule has 4 bridgehead atoms.